The van der Waals surface area contributed by atoms with Crippen LogP contribution in [0.1, 0.15) is 40.3 Å². The van der Waals surface area contributed by atoms with Gasteiger partial charge in [0.1, 0.15) is 5.75 Å². The maximum Gasteiger partial charge on any atom is 0.127 e. The van der Waals surface area contributed by atoms with Crippen molar-refractivity contribution in [2.24, 2.45) is 5.73 Å². The van der Waals surface area contributed by atoms with Crippen molar-refractivity contribution in [3.63, 3.8) is 0 Å². The van der Waals surface area contributed by atoms with Gasteiger partial charge in [-0.2, -0.15) is 0 Å². The van der Waals surface area contributed by atoms with E-state index in [9.17, 15) is 0 Å². The van der Waals surface area contributed by atoms with Crippen molar-refractivity contribution < 1.29 is 4.74 Å². The van der Waals surface area contributed by atoms with Gasteiger partial charge in [0.2, 0.25) is 0 Å². The molecular formula is C18H21NO. The Hall–Kier alpha value is -1.80. The highest BCUT2D eigenvalue weighted by Crippen LogP contribution is 2.35. The summed E-state index contributed by atoms with van der Waals surface area (Å²) in [6, 6.07) is 12.7. The summed E-state index contributed by atoms with van der Waals surface area (Å²) in [5.74, 6) is 1.01. The SMILES string of the molecule is Cc1ccc(C(N)c2cccc3c2OCCC3)c(C)c1. The van der Waals surface area contributed by atoms with Crippen molar-refractivity contribution in [2.75, 3.05) is 6.61 Å². The Labute approximate surface area is 120 Å². The second-order valence-corrected chi connectivity index (χ2v) is 5.63. The third-order valence-electron chi connectivity index (χ3n) is 4.06. The summed E-state index contributed by atoms with van der Waals surface area (Å²) < 4.78 is 5.88. The van der Waals surface area contributed by atoms with Gasteiger partial charge in [-0.1, -0.05) is 42.0 Å². The molecule has 20 heavy (non-hydrogen) atoms. The van der Waals surface area contributed by atoms with Crippen LogP contribution in [-0.2, 0) is 6.42 Å². The van der Waals surface area contributed by atoms with Crippen LogP contribution in [0.5, 0.6) is 5.75 Å². The molecule has 2 heteroatoms. The van der Waals surface area contributed by atoms with Crippen LogP contribution in [0.25, 0.3) is 0 Å². The van der Waals surface area contributed by atoms with Gasteiger partial charge in [0.05, 0.1) is 12.6 Å². The largest absolute Gasteiger partial charge is 0.493 e. The van der Waals surface area contributed by atoms with Crippen LogP contribution in [0.3, 0.4) is 0 Å². The average Bonchev–Trinajstić information content (AvgIpc) is 2.46. The molecule has 1 aliphatic rings. The lowest BCUT2D eigenvalue weighted by atomic mass is 9.91. The average molecular weight is 267 g/mol. The van der Waals surface area contributed by atoms with Gasteiger partial charge in [0.15, 0.2) is 0 Å². The van der Waals surface area contributed by atoms with E-state index in [4.69, 9.17) is 10.5 Å². The number of nitrogens with two attached hydrogens (primary N) is 1. The maximum atomic E-state index is 6.51. The summed E-state index contributed by atoms with van der Waals surface area (Å²) in [5.41, 5.74) is 12.6. The minimum atomic E-state index is -0.122. The van der Waals surface area contributed by atoms with Crippen LogP contribution in [0, 0.1) is 13.8 Å². The predicted molar refractivity (Wildman–Crippen MR) is 82.2 cm³/mol. The first-order chi connectivity index (χ1) is 9.66. The number of hydrogen-bond acceptors (Lipinski definition) is 2. The Morgan fingerprint density at radius 1 is 1.10 bits per heavy atom. The summed E-state index contributed by atoms with van der Waals surface area (Å²) in [4.78, 5) is 0. The molecule has 0 saturated heterocycles. The lowest BCUT2D eigenvalue weighted by molar-refractivity contribution is 0.284. The van der Waals surface area contributed by atoms with E-state index in [1.54, 1.807) is 0 Å². The zero-order chi connectivity index (χ0) is 14.1. The van der Waals surface area contributed by atoms with E-state index in [1.165, 1.54) is 22.3 Å². The van der Waals surface area contributed by atoms with E-state index < -0.39 is 0 Å². The number of aryl methyl sites for hydroxylation is 3. The van der Waals surface area contributed by atoms with Crippen LogP contribution in [0.15, 0.2) is 36.4 Å². The fraction of sp³-hybridized carbons (Fsp3) is 0.333. The zero-order valence-corrected chi connectivity index (χ0v) is 12.1. The molecule has 0 aliphatic carbocycles. The number of rotatable bonds is 2. The van der Waals surface area contributed by atoms with E-state index in [0.29, 0.717) is 0 Å². The van der Waals surface area contributed by atoms with E-state index in [0.717, 1.165) is 30.8 Å². The first kappa shape index (κ1) is 13.2. The van der Waals surface area contributed by atoms with Crippen LogP contribution < -0.4 is 10.5 Å². The van der Waals surface area contributed by atoms with Gasteiger partial charge in [-0.25, -0.2) is 0 Å². The number of ether oxygens (including phenoxy) is 1. The van der Waals surface area contributed by atoms with Crippen LogP contribution in [0.4, 0.5) is 0 Å². The number of fused-ring (bicyclic) bond motifs is 1. The third kappa shape index (κ3) is 2.32. The Bertz CT molecular complexity index is 633. The topological polar surface area (TPSA) is 35.2 Å². The summed E-state index contributed by atoms with van der Waals surface area (Å²) in [5, 5.41) is 0. The lowest BCUT2D eigenvalue weighted by Gasteiger charge is -2.24. The normalized spacial score (nSPS) is 15.3. The van der Waals surface area contributed by atoms with Crippen LogP contribution >= 0.6 is 0 Å². The smallest absolute Gasteiger partial charge is 0.127 e. The van der Waals surface area contributed by atoms with Gasteiger partial charge >= 0.3 is 0 Å². The molecule has 0 amide bonds. The van der Waals surface area contributed by atoms with Crippen molar-refractivity contribution in [2.45, 2.75) is 32.7 Å². The molecule has 0 radical (unpaired) electrons. The fourth-order valence-electron chi connectivity index (χ4n) is 3.00. The summed E-state index contributed by atoms with van der Waals surface area (Å²) in [6.45, 7) is 5.03. The molecule has 2 N–H and O–H groups in total. The summed E-state index contributed by atoms with van der Waals surface area (Å²) >= 11 is 0. The molecule has 3 rings (SSSR count). The monoisotopic (exact) mass is 267 g/mol. The van der Waals surface area contributed by atoms with Crippen molar-refractivity contribution in [1.82, 2.24) is 0 Å². The Morgan fingerprint density at radius 3 is 2.75 bits per heavy atom. The van der Waals surface area contributed by atoms with Crippen LogP contribution in [0.2, 0.25) is 0 Å². The van der Waals surface area contributed by atoms with Crippen molar-refractivity contribution in [3.8, 4) is 5.75 Å². The predicted octanol–water partition coefficient (Wildman–Crippen LogP) is 3.68. The molecule has 1 unspecified atom stereocenters. The van der Waals surface area contributed by atoms with Crippen molar-refractivity contribution in [3.05, 3.63) is 64.2 Å². The van der Waals surface area contributed by atoms with E-state index in [-0.39, 0.29) is 6.04 Å². The van der Waals surface area contributed by atoms with Crippen LogP contribution in [-0.4, -0.2) is 6.61 Å². The molecule has 0 aromatic heterocycles. The lowest BCUT2D eigenvalue weighted by Crippen LogP contribution is -2.18. The molecule has 0 spiro atoms. The summed E-state index contributed by atoms with van der Waals surface area (Å²) in [7, 11) is 0. The summed E-state index contributed by atoms with van der Waals surface area (Å²) in [6.07, 6.45) is 2.18. The molecule has 0 fully saturated rings. The molecule has 1 heterocycles. The molecule has 0 saturated carbocycles. The molecule has 0 bridgehead atoms. The quantitative estimate of drug-likeness (QED) is 0.901. The number of para-hydroxylation sites is 1. The Balaban J connectivity index is 2.04. The molecule has 2 aromatic rings. The number of hydrogen-bond donors (Lipinski definition) is 1. The van der Waals surface area contributed by atoms with E-state index in [2.05, 4.69) is 50.2 Å². The van der Waals surface area contributed by atoms with Gasteiger partial charge in [0.25, 0.3) is 0 Å². The Kier molecular flexibility index (Phi) is 3.49. The van der Waals surface area contributed by atoms with Crippen molar-refractivity contribution in [1.29, 1.82) is 0 Å². The molecule has 1 atom stereocenters. The van der Waals surface area contributed by atoms with E-state index >= 15 is 0 Å². The zero-order valence-electron chi connectivity index (χ0n) is 12.1. The van der Waals surface area contributed by atoms with Gasteiger partial charge in [-0.3, -0.25) is 0 Å². The van der Waals surface area contributed by atoms with Gasteiger partial charge in [-0.05, 0) is 43.4 Å². The molecule has 2 nitrogen and oxygen atoms in total. The Morgan fingerprint density at radius 2 is 1.95 bits per heavy atom. The molecule has 2 aromatic carbocycles. The van der Waals surface area contributed by atoms with Crippen molar-refractivity contribution >= 4 is 0 Å². The maximum absolute atomic E-state index is 6.51. The minimum absolute atomic E-state index is 0.122. The molecular weight excluding hydrogens is 246 g/mol. The van der Waals surface area contributed by atoms with Gasteiger partial charge < -0.3 is 10.5 Å². The molecule has 1 aliphatic heterocycles. The highest BCUT2D eigenvalue weighted by atomic mass is 16.5. The first-order valence-electron chi connectivity index (χ1n) is 7.24. The highest BCUT2D eigenvalue weighted by molar-refractivity contribution is 5.49. The van der Waals surface area contributed by atoms with Gasteiger partial charge in [-0.15, -0.1) is 0 Å². The standard InChI is InChI=1S/C18H21NO/c1-12-8-9-15(13(2)11-12)17(19)16-7-3-5-14-6-4-10-20-18(14)16/h3,5,7-9,11,17H,4,6,10,19H2,1-2H3. The van der Waals surface area contributed by atoms with Gasteiger partial charge in [0, 0.05) is 5.56 Å². The first-order valence-corrected chi connectivity index (χ1v) is 7.24. The second-order valence-electron chi connectivity index (χ2n) is 5.63. The highest BCUT2D eigenvalue weighted by Gasteiger charge is 2.20. The molecule has 104 valence electrons. The van der Waals surface area contributed by atoms with E-state index in [1.807, 2.05) is 0 Å². The number of benzene rings is 2. The fourth-order valence-corrected chi connectivity index (χ4v) is 3.00. The second kappa shape index (κ2) is 5.29. The minimum Gasteiger partial charge on any atom is -0.493 e. The third-order valence-corrected chi connectivity index (χ3v) is 4.06.